The van der Waals surface area contributed by atoms with Gasteiger partial charge in [-0.2, -0.15) is 13.2 Å². The number of thiophene rings is 1. The standard InChI is InChI=1S/C22H21ClF3N3O3S2/c1-29-8-7-16(12-29)32-19-10-15(5-6-17(19)22(24,25)26)28-34(30,31)20-11-18(23)21(33-20)13-3-2-4-14(27)9-13/h2-6,9-11,16,28H,7-8,12,27H2,1H3. The van der Waals surface area contributed by atoms with Gasteiger partial charge < -0.3 is 15.4 Å². The first-order chi connectivity index (χ1) is 15.9. The van der Waals surface area contributed by atoms with Gasteiger partial charge in [-0.25, -0.2) is 8.42 Å². The highest BCUT2D eigenvalue weighted by Crippen LogP contribution is 2.41. The third-order valence-corrected chi connectivity index (χ3v) is 8.71. The van der Waals surface area contributed by atoms with Gasteiger partial charge in [0.1, 0.15) is 16.1 Å². The largest absolute Gasteiger partial charge is 0.488 e. The van der Waals surface area contributed by atoms with Gasteiger partial charge in [0.25, 0.3) is 10.0 Å². The van der Waals surface area contributed by atoms with Crippen molar-refractivity contribution in [2.24, 2.45) is 0 Å². The van der Waals surface area contributed by atoms with Crippen molar-refractivity contribution >= 4 is 44.3 Å². The van der Waals surface area contributed by atoms with E-state index in [0.717, 1.165) is 29.5 Å². The number of nitrogens with two attached hydrogens (primary N) is 1. The van der Waals surface area contributed by atoms with E-state index in [0.29, 0.717) is 35.6 Å². The van der Waals surface area contributed by atoms with Crippen molar-refractivity contribution in [2.75, 3.05) is 30.6 Å². The van der Waals surface area contributed by atoms with Gasteiger partial charge in [-0.15, -0.1) is 11.3 Å². The summed E-state index contributed by atoms with van der Waals surface area (Å²) in [6.45, 7) is 1.18. The van der Waals surface area contributed by atoms with E-state index in [2.05, 4.69) is 4.72 Å². The molecule has 6 nitrogen and oxygen atoms in total. The molecule has 0 saturated carbocycles. The van der Waals surface area contributed by atoms with Gasteiger partial charge in [-0.3, -0.25) is 4.72 Å². The number of nitrogens with zero attached hydrogens (tertiary/aromatic N) is 1. The minimum atomic E-state index is -4.65. The first kappa shape index (κ1) is 24.6. The molecule has 182 valence electrons. The third kappa shape index (κ3) is 5.43. The smallest absolute Gasteiger partial charge is 0.419 e. The Balaban J connectivity index is 1.63. The van der Waals surface area contributed by atoms with Gasteiger partial charge in [-0.1, -0.05) is 23.7 Å². The highest BCUT2D eigenvalue weighted by molar-refractivity contribution is 7.94. The van der Waals surface area contributed by atoms with Gasteiger partial charge in [0.15, 0.2) is 0 Å². The Labute approximate surface area is 204 Å². The fraction of sp³-hybridized carbons (Fsp3) is 0.273. The number of benzene rings is 2. The Hall–Kier alpha value is -2.47. The minimum absolute atomic E-state index is 0.0515. The van der Waals surface area contributed by atoms with Crippen LogP contribution in [0.5, 0.6) is 5.75 Å². The molecule has 1 fully saturated rings. The Kier molecular flexibility index (Phi) is 6.74. The fourth-order valence-electron chi connectivity index (χ4n) is 3.65. The maximum absolute atomic E-state index is 13.5. The monoisotopic (exact) mass is 531 g/mol. The highest BCUT2D eigenvalue weighted by Gasteiger charge is 2.36. The Morgan fingerprint density at radius 1 is 1.21 bits per heavy atom. The summed E-state index contributed by atoms with van der Waals surface area (Å²) >= 11 is 7.20. The van der Waals surface area contributed by atoms with E-state index in [1.807, 2.05) is 11.9 Å². The van der Waals surface area contributed by atoms with Crippen LogP contribution in [0.4, 0.5) is 24.5 Å². The zero-order valence-corrected chi connectivity index (χ0v) is 20.3. The molecule has 0 radical (unpaired) electrons. The molecule has 1 aliphatic heterocycles. The van der Waals surface area contributed by atoms with Crippen LogP contribution in [0, 0.1) is 0 Å². The molecule has 0 amide bonds. The van der Waals surface area contributed by atoms with Crippen LogP contribution >= 0.6 is 22.9 Å². The van der Waals surface area contributed by atoms with Gasteiger partial charge in [0.2, 0.25) is 0 Å². The molecular weight excluding hydrogens is 511 g/mol. The second kappa shape index (κ2) is 9.29. The van der Waals surface area contributed by atoms with E-state index in [9.17, 15) is 21.6 Å². The molecule has 0 bridgehead atoms. The first-order valence-corrected chi connectivity index (χ1v) is 12.8. The maximum atomic E-state index is 13.5. The number of nitrogens with one attached hydrogen (secondary N) is 1. The molecule has 34 heavy (non-hydrogen) atoms. The number of likely N-dealkylation sites (N-methyl/N-ethyl adjacent to an activating group) is 1. The van der Waals surface area contributed by atoms with Crippen molar-refractivity contribution in [3.63, 3.8) is 0 Å². The molecule has 1 saturated heterocycles. The Bertz CT molecular complexity index is 1310. The topological polar surface area (TPSA) is 84.7 Å². The molecule has 4 rings (SSSR count). The minimum Gasteiger partial charge on any atom is -0.488 e. The van der Waals surface area contributed by atoms with Crippen LogP contribution in [0.2, 0.25) is 5.02 Å². The van der Waals surface area contributed by atoms with Crippen molar-refractivity contribution in [1.82, 2.24) is 4.90 Å². The lowest BCUT2D eigenvalue weighted by molar-refractivity contribution is -0.139. The molecular formula is C22H21ClF3N3O3S2. The number of hydrogen-bond acceptors (Lipinski definition) is 6. The summed E-state index contributed by atoms with van der Waals surface area (Å²) in [7, 11) is -2.28. The molecule has 2 heterocycles. The molecule has 12 heteroatoms. The number of likely N-dealkylation sites (tertiary alicyclic amines) is 1. The summed E-state index contributed by atoms with van der Waals surface area (Å²) < 4.78 is 74.4. The average Bonchev–Trinajstić information content (AvgIpc) is 3.32. The van der Waals surface area contributed by atoms with Crippen molar-refractivity contribution in [3.05, 3.63) is 59.1 Å². The van der Waals surface area contributed by atoms with E-state index in [4.69, 9.17) is 22.1 Å². The molecule has 1 aromatic heterocycles. The average molecular weight is 532 g/mol. The molecule has 1 atom stereocenters. The molecule has 0 aliphatic carbocycles. The van der Waals surface area contributed by atoms with Crippen LogP contribution in [0.1, 0.15) is 12.0 Å². The number of rotatable bonds is 6. The number of anilines is 2. The lowest BCUT2D eigenvalue weighted by atomic mass is 10.1. The molecule has 2 aromatic carbocycles. The van der Waals surface area contributed by atoms with Gasteiger partial charge in [-0.05, 0) is 49.4 Å². The zero-order chi connectivity index (χ0) is 24.7. The summed E-state index contributed by atoms with van der Waals surface area (Å²) in [6.07, 6.45) is -4.50. The maximum Gasteiger partial charge on any atom is 0.419 e. The van der Waals surface area contributed by atoms with Crippen LogP contribution in [-0.4, -0.2) is 39.6 Å². The van der Waals surface area contributed by atoms with Crippen LogP contribution in [0.25, 0.3) is 10.4 Å². The van der Waals surface area contributed by atoms with Gasteiger partial charge >= 0.3 is 6.18 Å². The fourth-order valence-corrected chi connectivity index (χ4v) is 6.52. The molecule has 3 aromatic rings. The normalized spacial score (nSPS) is 17.1. The van der Waals surface area contributed by atoms with Crippen LogP contribution in [0.15, 0.2) is 52.7 Å². The van der Waals surface area contributed by atoms with E-state index >= 15 is 0 Å². The summed E-state index contributed by atoms with van der Waals surface area (Å²) in [5.41, 5.74) is 5.94. The molecule has 3 N–H and O–H groups in total. The quantitative estimate of drug-likeness (QED) is 0.407. The number of nitrogen functional groups attached to an aromatic ring is 1. The van der Waals surface area contributed by atoms with E-state index < -0.39 is 33.6 Å². The van der Waals surface area contributed by atoms with Crippen molar-refractivity contribution in [3.8, 4) is 16.2 Å². The van der Waals surface area contributed by atoms with Gasteiger partial charge in [0.05, 0.1) is 21.2 Å². The van der Waals surface area contributed by atoms with Crippen molar-refractivity contribution in [1.29, 1.82) is 0 Å². The Morgan fingerprint density at radius 2 is 1.97 bits per heavy atom. The van der Waals surface area contributed by atoms with Crippen LogP contribution in [0.3, 0.4) is 0 Å². The number of halogens is 4. The predicted molar refractivity (Wildman–Crippen MR) is 128 cm³/mol. The number of hydrogen-bond donors (Lipinski definition) is 2. The molecule has 1 aliphatic rings. The zero-order valence-electron chi connectivity index (χ0n) is 17.9. The lowest BCUT2D eigenvalue weighted by Crippen LogP contribution is -2.23. The summed E-state index contributed by atoms with van der Waals surface area (Å²) in [4.78, 5) is 2.46. The Morgan fingerprint density at radius 3 is 2.62 bits per heavy atom. The summed E-state index contributed by atoms with van der Waals surface area (Å²) in [6, 6.07) is 11.1. The highest BCUT2D eigenvalue weighted by atomic mass is 35.5. The lowest BCUT2D eigenvalue weighted by Gasteiger charge is -2.19. The second-order valence-corrected chi connectivity index (χ2v) is 11.3. The van der Waals surface area contributed by atoms with E-state index in [1.54, 1.807) is 24.3 Å². The summed E-state index contributed by atoms with van der Waals surface area (Å²) in [5.74, 6) is -0.419. The van der Waals surface area contributed by atoms with E-state index in [1.165, 1.54) is 6.07 Å². The van der Waals surface area contributed by atoms with Gasteiger partial charge in [0, 0.05) is 24.8 Å². The predicted octanol–water partition coefficient (Wildman–Crippen LogP) is 5.55. The summed E-state index contributed by atoms with van der Waals surface area (Å²) in [5, 5.41) is 0.220. The van der Waals surface area contributed by atoms with Crippen molar-refractivity contribution in [2.45, 2.75) is 22.9 Å². The van der Waals surface area contributed by atoms with E-state index in [-0.39, 0.29) is 14.9 Å². The molecule has 1 unspecified atom stereocenters. The SMILES string of the molecule is CN1CCC(Oc2cc(NS(=O)(=O)c3cc(Cl)c(-c4cccc(N)c4)s3)ccc2C(F)(F)F)C1. The second-order valence-electron chi connectivity index (χ2n) is 7.97. The first-order valence-electron chi connectivity index (χ1n) is 10.2. The van der Waals surface area contributed by atoms with Crippen LogP contribution in [-0.2, 0) is 16.2 Å². The number of ether oxygens (including phenoxy) is 1. The molecule has 0 spiro atoms. The number of sulfonamides is 1. The third-order valence-electron chi connectivity index (χ3n) is 5.26. The van der Waals surface area contributed by atoms with Crippen LogP contribution < -0.4 is 15.2 Å². The number of alkyl halides is 3. The van der Waals surface area contributed by atoms with Crippen molar-refractivity contribution < 1.29 is 26.3 Å².